The Morgan fingerprint density at radius 1 is 1.09 bits per heavy atom. The molecule has 0 bridgehead atoms. The van der Waals surface area contributed by atoms with Crippen molar-refractivity contribution in [2.75, 3.05) is 39.4 Å². The summed E-state index contributed by atoms with van der Waals surface area (Å²) in [5.74, 6) is -1.26. The fraction of sp³-hybridized carbons (Fsp3) is 0.407. The number of aliphatic hydroxyl groups excluding tert-OH is 1. The molecule has 1 amide bonds. The highest BCUT2D eigenvalue weighted by Crippen LogP contribution is 2.40. The fourth-order valence-electron chi connectivity index (χ4n) is 5.12. The molecule has 0 aromatic heterocycles. The molecule has 2 unspecified atom stereocenters. The smallest absolute Gasteiger partial charge is 0.295 e. The topological polar surface area (TPSA) is 79.3 Å². The van der Waals surface area contributed by atoms with Crippen LogP contribution in [0.15, 0.2) is 48.0 Å². The highest BCUT2D eigenvalue weighted by Gasteiger charge is 2.46. The summed E-state index contributed by atoms with van der Waals surface area (Å²) in [6.07, 6.45) is 1.41. The van der Waals surface area contributed by atoms with Crippen LogP contribution in [0.4, 0.5) is 4.39 Å². The van der Waals surface area contributed by atoms with Gasteiger partial charge in [0.15, 0.2) is 0 Å². The van der Waals surface area contributed by atoms with Crippen molar-refractivity contribution >= 4 is 17.4 Å². The Kier molecular flexibility index (Phi) is 6.58. The molecule has 3 aliphatic heterocycles. The molecule has 0 aliphatic carbocycles. The lowest BCUT2D eigenvalue weighted by atomic mass is 9.94. The first kappa shape index (κ1) is 23.5. The van der Waals surface area contributed by atoms with Gasteiger partial charge in [-0.25, -0.2) is 4.39 Å². The van der Waals surface area contributed by atoms with E-state index in [0.29, 0.717) is 43.7 Å². The summed E-state index contributed by atoms with van der Waals surface area (Å²) < 4.78 is 24.8. The summed E-state index contributed by atoms with van der Waals surface area (Å²) in [4.78, 5) is 30.1. The zero-order valence-electron chi connectivity index (χ0n) is 19.7. The van der Waals surface area contributed by atoms with Crippen LogP contribution < -0.4 is 4.74 Å². The maximum Gasteiger partial charge on any atom is 0.295 e. The van der Waals surface area contributed by atoms with Crippen LogP contribution in [0.2, 0.25) is 0 Å². The number of carbonyl (C=O) groups is 2. The molecule has 184 valence electrons. The zero-order chi connectivity index (χ0) is 24.5. The normalized spacial score (nSPS) is 24.0. The van der Waals surface area contributed by atoms with Gasteiger partial charge in [0.25, 0.3) is 11.7 Å². The average molecular weight is 481 g/mol. The van der Waals surface area contributed by atoms with Crippen LogP contribution in [-0.4, -0.2) is 72.1 Å². The van der Waals surface area contributed by atoms with Gasteiger partial charge in [-0.1, -0.05) is 12.1 Å². The lowest BCUT2D eigenvalue weighted by molar-refractivity contribution is -0.140. The molecule has 8 heteroatoms. The second kappa shape index (κ2) is 9.79. The Bertz CT molecular complexity index is 1160. The number of Topliss-reactive ketones (excluding diaryl/α,β-unsaturated/α-hetero) is 1. The van der Waals surface area contributed by atoms with Crippen molar-refractivity contribution in [1.29, 1.82) is 0 Å². The number of benzene rings is 2. The predicted octanol–water partition coefficient (Wildman–Crippen LogP) is 3.29. The number of carbonyl (C=O) groups excluding carboxylic acids is 2. The Morgan fingerprint density at radius 2 is 1.83 bits per heavy atom. The largest absolute Gasteiger partial charge is 0.507 e. The van der Waals surface area contributed by atoms with Gasteiger partial charge >= 0.3 is 0 Å². The van der Waals surface area contributed by atoms with Gasteiger partial charge in [0.1, 0.15) is 23.4 Å². The molecule has 2 fully saturated rings. The number of ether oxygens (including phenoxy) is 2. The predicted molar refractivity (Wildman–Crippen MR) is 128 cm³/mol. The summed E-state index contributed by atoms with van der Waals surface area (Å²) in [7, 11) is 0. The SMILES string of the molecule is CC1Cc2cc(C(O)=C3C(=O)C(=O)N(CCCN4CCOCC4)C3c3ccc(F)cc3)ccc2O1. The molecule has 2 saturated heterocycles. The van der Waals surface area contributed by atoms with Crippen molar-refractivity contribution in [1.82, 2.24) is 9.80 Å². The molecular weight excluding hydrogens is 451 g/mol. The second-order valence-electron chi connectivity index (χ2n) is 9.31. The van der Waals surface area contributed by atoms with Gasteiger partial charge in [0.2, 0.25) is 0 Å². The van der Waals surface area contributed by atoms with Crippen molar-refractivity contribution in [3.05, 3.63) is 70.5 Å². The molecule has 35 heavy (non-hydrogen) atoms. The highest BCUT2D eigenvalue weighted by atomic mass is 19.1. The van der Waals surface area contributed by atoms with E-state index in [9.17, 15) is 19.1 Å². The maximum atomic E-state index is 13.7. The standard InChI is InChI=1S/C27H29FN2O5/c1-17-15-20-16-19(5-8-22(20)35-17)25(31)23-24(18-3-6-21(28)7-4-18)30(27(33)26(23)32)10-2-9-29-11-13-34-14-12-29/h3-8,16-17,24,31H,2,9-15H2,1H3. The zero-order valence-corrected chi connectivity index (χ0v) is 19.7. The molecule has 0 spiro atoms. The van der Waals surface area contributed by atoms with Gasteiger partial charge in [0, 0.05) is 38.2 Å². The number of amides is 1. The summed E-state index contributed by atoms with van der Waals surface area (Å²) in [5, 5.41) is 11.3. The minimum absolute atomic E-state index is 0.0277. The molecule has 2 aromatic carbocycles. The van der Waals surface area contributed by atoms with Crippen molar-refractivity contribution in [2.45, 2.75) is 31.9 Å². The number of halogens is 1. The van der Waals surface area contributed by atoms with Crippen LogP contribution in [0, 0.1) is 5.82 Å². The Balaban J connectivity index is 1.47. The first-order valence-corrected chi connectivity index (χ1v) is 12.1. The number of fused-ring (bicyclic) bond motifs is 1. The molecule has 3 heterocycles. The number of likely N-dealkylation sites (tertiary alicyclic amines) is 1. The molecule has 7 nitrogen and oxygen atoms in total. The molecule has 0 radical (unpaired) electrons. The number of rotatable bonds is 6. The van der Waals surface area contributed by atoms with Crippen LogP contribution in [0.1, 0.15) is 36.1 Å². The van der Waals surface area contributed by atoms with Gasteiger partial charge in [0.05, 0.1) is 24.8 Å². The van der Waals surface area contributed by atoms with Gasteiger partial charge in [-0.2, -0.15) is 0 Å². The van der Waals surface area contributed by atoms with E-state index in [4.69, 9.17) is 9.47 Å². The van der Waals surface area contributed by atoms with E-state index in [2.05, 4.69) is 4.90 Å². The van der Waals surface area contributed by atoms with Crippen LogP contribution in [-0.2, 0) is 20.7 Å². The van der Waals surface area contributed by atoms with E-state index >= 15 is 0 Å². The van der Waals surface area contributed by atoms with Crippen molar-refractivity contribution in [3.63, 3.8) is 0 Å². The Morgan fingerprint density at radius 3 is 2.57 bits per heavy atom. The minimum atomic E-state index is -0.788. The van der Waals surface area contributed by atoms with E-state index in [1.165, 1.54) is 17.0 Å². The number of hydrogen-bond donors (Lipinski definition) is 1. The first-order valence-electron chi connectivity index (χ1n) is 12.1. The van der Waals surface area contributed by atoms with Crippen LogP contribution in [0.25, 0.3) is 5.76 Å². The monoisotopic (exact) mass is 480 g/mol. The third kappa shape index (κ3) is 4.68. The molecule has 2 atom stereocenters. The Hall–Kier alpha value is -3.23. The Labute approximate surface area is 203 Å². The van der Waals surface area contributed by atoms with E-state index < -0.39 is 23.5 Å². The van der Waals surface area contributed by atoms with E-state index in [1.807, 2.05) is 13.0 Å². The van der Waals surface area contributed by atoms with Gasteiger partial charge in [-0.05, 0) is 54.8 Å². The van der Waals surface area contributed by atoms with Crippen LogP contribution in [0.3, 0.4) is 0 Å². The minimum Gasteiger partial charge on any atom is -0.507 e. The van der Waals surface area contributed by atoms with Crippen molar-refractivity contribution < 1.29 is 28.6 Å². The van der Waals surface area contributed by atoms with Crippen molar-refractivity contribution in [2.24, 2.45) is 0 Å². The average Bonchev–Trinajstić information content (AvgIpc) is 3.36. The molecule has 5 rings (SSSR count). The van der Waals surface area contributed by atoms with Crippen LogP contribution >= 0.6 is 0 Å². The second-order valence-corrected chi connectivity index (χ2v) is 9.31. The number of nitrogens with zero attached hydrogens (tertiary/aromatic N) is 2. The molecule has 2 aromatic rings. The number of morpholine rings is 1. The van der Waals surface area contributed by atoms with Gasteiger partial charge in [-0.3, -0.25) is 14.5 Å². The van der Waals surface area contributed by atoms with Crippen LogP contribution in [0.5, 0.6) is 5.75 Å². The number of hydrogen-bond acceptors (Lipinski definition) is 6. The lowest BCUT2D eigenvalue weighted by Gasteiger charge is -2.29. The highest BCUT2D eigenvalue weighted by molar-refractivity contribution is 6.46. The number of aliphatic hydroxyl groups is 1. The maximum absolute atomic E-state index is 13.7. The molecule has 1 N–H and O–H groups in total. The summed E-state index contributed by atoms with van der Waals surface area (Å²) in [6.45, 7) is 6.12. The van der Waals surface area contributed by atoms with Crippen molar-refractivity contribution in [3.8, 4) is 5.75 Å². The molecular formula is C27H29FN2O5. The lowest BCUT2D eigenvalue weighted by Crippen LogP contribution is -2.38. The fourth-order valence-corrected chi connectivity index (χ4v) is 5.12. The van der Waals surface area contributed by atoms with Gasteiger partial charge in [-0.15, -0.1) is 0 Å². The first-order chi connectivity index (χ1) is 16.9. The number of ketones is 1. The third-order valence-electron chi connectivity index (χ3n) is 6.87. The van der Waals surface area contributed by atoms with Gasteiger partial charge < -0.3 is 19.5 Å². The quantitative estimate of drug-likeness (QED) is 0.388. The third-order valence-corrected chi connectivity index (χ3v) is 6.87. The van der Waals surface area contributed by atoms with E-state index in [-0.39, 0.29) is 17.4 Å². The summed E-state index contributed by atoms with van der Waals surface area (Å²) in [6, 6.07) is 10.2. The molecule has 0 saturated carbocycles. The van der Waals surface area contributed by atoms with E-state index in [1.54, 1.807) is 24.3 Å². The van der Waals surface area contributed by atoms with E-state index in [0.717, 1.165) is 30.9 Å². The summed E-state index contributed by atoms with van der Waals surface area (Å²) >= 11 is 0. The molecule has 3 aliphatic rings. The summed E-state index contributed by atoms with van der Waals surface area (Å²) in [5.41, 5.74) is 2.01.